The molecule has 41 heavy (non-hydrogen) atoms. The van der Waals surface area contributed by atoms with Gasteiger partial charge in [-0.05, 0) is 43.7 Å². The van der Waals surface area contributed by atoms with Gasteiger partial charge in [-0.15, -0.1) is 0 Å². The number of aryl methyl sites for hydroxylation is 1. The molecular formula is C28H30F3N3O7. The first-order chi connectivity index (χ1) is 19.2. The van der Waals surface area contributed by atoms with Gasteiger partial charge in [0.15, 0.2) is 23.0 Å². The fraction of sp³-hybridized carbons (Fsp3) is 0.393. The molecule has 0 bridgehead atoms. The van der Waals surface area contributed by atoms with Crippen molar-refractivity contribution < 1.29 is 42.4 Å². The molecule has 1 aliphatic heterocycles. The third-order valence-electron chi connectivity index (χ3n) is 6.90. The van der Waals surface area contributed by atoms with Crippen molar-refractivity contribution in [2.24, 2.45) is 12.8 Å². The van der Waals surface area contributed by atoms with E-state index in [-0.39, 0.29) is 65.0 Å². The van der Waals surface area contributed by atoms with Crippen molar-refractivity contribution in [3.05, 3.63) is 69.8 Å². The molecule has 0 spiro atoms. The number of aliphatic hydroxyl groups is 2. The lowest BCUT2D eigenvalue weighted by molar-refractivity contribution is -0.270. The van der Waals surface area contributed by atoms with Crippen LogP contribution >= 0.6 is 0 Å². The SMILES string of the molecule is COc1cc(C(=O)CCC(O)(c2cc3c(c(-c4ccc(=O)n(C)c4)n2)OCC3(C)N)C(F)(F)F)ccc1OCCO. The van der Waals surface area contributed by atoms with Crippen LogP contribution in [-0.2, 0) is 18.2 Å². The van der Waals surface area contributed by atoms with Crippen molar-refractivity contribution in [3.63, 3.8) is 0 Å². The van der Waals surface area contributed by atoms with Crippen LogP contribution in [0.5, 0.6) is 17.2 Å². The number of carbonyl (C=O) groups is 1. The Balaban J connectivity index is 1.74. The molecule has 0 saturated carbocycles. The first kappa shape index (κ1) is 30.0. The van der Waals surface area contributed by atoms with E-state index in [9.17, 15) is 27.9 Å². The van der Waals surface area contributed by atoms with Gasteiger partial charge in [-0.25, -0.2) is 4.98 Å². The van der Waals surface area contributed by atoms with Gasteiger partial charge in [-0.2, -0.15) is 13.2 Å². The molecule has 2 atom stereocenters. The Bertz CT molecular complexity index is 1520. The minimum Gasteiger partial charge on any atom is -0.493 e. The number of Topliss-reactive ketones (excluding diaryl/α,β-unsaturated/α-hetero) is 1. The quantitative estimate of drug-likeness (QED) is 0.310. The second-order valence-electron chi connectivity index (χ2n) is 10.0. The predicted molar refractivity (Wildman–Crippen MR) is 141 cm³/mol. The molecule has 0 saturated heterocycles. The van der Waals surface area contributed by atoms with Crippen LogP contribution in [0.4, 0.5) is 13.2 Å². The van der Waals surface area contributed by atoms with Gasteiger partial charge in [-0.1, -0.05) is 0 Å². The molecule has 0 aliphatic carbocycles. The van der Waals surface area contributed by atoms with E-state index in [1.165, 1.54) is 55.3 Å². The summed E-state index contributed by atoms with van der Waals surface area (Å²) >= 11 is 0. The average molecular weight is 578 g/mol. The van der Waals surface area contributed by atoms with Gasteiger partial charge in [-0.3, -0.25) is 9.59 Å². The Morgan fingerprint density at radius 1 is 1.22 bits per heavy atom. The zero-order chi connectivity index (χ0) is 30.2. The fourth-order valence-electron chi connectivity index (χ4n) is 4.51. The van der Waals surface area contributed by atoms with E-state index < -0.39 is 41.6 Å². The van der Waals surface area contributed by atoms with Crippen LogP contribution in [0.25, 0.3) is 11.3 Å². The summed E-state index contributed by atoms with van der Waals surface area (Å²) in [7, 11) is 2.80. The van der Waals surface area contributed by atoms with Crippen molar-refractivity contribution in [3.8, 4) is 28.5 Å². The van der Waals surface area contributed by atoms with E-state index in [1.54, 1.807) is 6.92 Å². The molecule has 220 valence electrons. The van der Waals surface area contributed by atoms with Gasteiger partial charge < -0.3 is 34.7 Å². The second-order valence-corrected chi connectivity index (χ2v) is 10.0. The number of ether oxygens (including phenoxy) is 3. The number of benzene rings is 1. The molecule has 0 fully saturated rings. The molecule has 1 aliphatic rings. The van der Waals surface area contributed by atoms with Crippen molar-refractivity contribution in [2.45, 2.75) is 37.1 Å². The number of methoxy groups -OCH3 is 1. The highest BCUT2D eigenvalue weighted by Crippen LogP contribution is 2.48. The van der Waals surface area contributed by atoms with E-state index in [0.29, 0.717) is 0 Å². The number of pyridine rings is 2. The van der Waals surface area contributed by atoms with E-state index in [1.807, 2.05) is 0 Å². The number of carbonyl (C=O) groups excluding carboxylic acids is 1. The minimum atomic E-state index is -5.22. The largest absolute Gasteiger partial charge is 0.493 e. The van der Waals surface area contributed by atoms with Crippen LogP contribution in [0.1, 0.15) is 41.4 Å². The summed E-state index contributed by atoms with van der Waals surface area (Å²) in [5.41, 5.74) is 0.982. The Kier molecular flexibility index (Phi) is 8.16. The van der Waals surface area contributed by atoms with Crippen molar-refractivity contribution in [1.29, 1.82) is 0 Å². The van der Waals surface area contributed by atoms with Crippen LogP contribution < -0.4 is 25.5 Å². The number of aliphatic hydroxyl groups excluding tert-OH is 1. The molecular weight excluding hydrogens is 547 g/mol. The molecule has 4 N–H and O–H groups in total. The summed E-state index contributed by atoms with van der Waals surface area (Å²) in [6.07, 6.45) is -5.57. The number of aromatic nitrogens is 2. The predicted octanol–water partition coefficient (Wildman–Crippen LogP) is 2.81. The highest BCUT2D eigenvalue weighted by molar-refractivity contribution is 5.96. The van der Waals surface area contributed by atoms with E-state index >= 15 is 0 Å². The molecule has 2 aromatic heterocycles. The molecule has 10 nitrogen and oxygen atoms in total. The van der Waals surface area contributed by atoms with Gasteiger partial charge in [0.25, 0.3) is 0 Å². The average Bonchev–Trinajstić information content (AvgIpc) is 3.24. The molecule has 2 unspecified atom stereocenters. The number of hydrogen-bond acceptors (Lipinski definition) is 9. The van der Waals surface area contributed by atoms with E-state index in [0.717, 1.165) is 6.07 Å². The first-order valence-corrected chi connectivity index (χ1v) is 12.6. The maximum atomic E-state index is 14.6. The second kappa shape index (κ2) is 11.1. The number of halogens is 3. The zero-order valence-corrected chi connectivity index (χ0v) is 22.6. The van der Waals surface area contributed by atoms with Crippen LogP contribution in [0, 0.1) is 0 Å². The Morgan fingerprint density at radius 2 is 1.95 bits per heavy atom. The summed E-state index contributed by atoms with van der Waals surface area (Å²) < 4.78 is 61.1. The zero-order valence-electron chi connectivity index (χ0n) is 22.6. The van der Waals surface area contributed by atoms with Gasteiger partial charge >= 0.3 is 6.18 Å². The van der Waals surface area contributed by atoms with Crippen LogP contribution in [0.2, 0.25) is 0 Å². The van der Waals surface area contributed by atoms with Crippen molar-refractivity contribution in [2.75, 3.05) is 26.9 Å². The van der Waals surface area contributed by atoms with Gasteiger partial charge in [0.2, 0.25) is 11.2 Å². The maximum Gasteiger partial charge on any atom is 0.422 e. The standard InChI is InChI=1S/C28H30F3N3O7/c1-26(32)15-41-25-18(26)13-22(33-24(25)17-5-7-23(37)34(2)14-17)27(38,28(29,30)31)9-8-19(36)16-4-6-20(40-11-10-35)21(12-16)39-3/h4-7,12-14,35,38H,8-11,15,32H2,1-3H3. The monoisotopic (exact) mass is 577 g/mol. The summed E-state index contributed by atoms with van der Waals surface area (Å²) in [6, 6.07) is 7.75. The van der Waals surface area contributed by atoms with Crippen LogP contribution in [0.15, 0.2) is 47.4 Å². The number of rotatable bonds is 10. The minimum absolute atomic E-state index is 0.0236. The van der Waals surface area contributed by atoms with Crippen LogP contribution in [0.3, 0.4) is 0 Å². The van der Waals surface area contributed by atoms with E-state index in [4.69, 9.17) is 25.1 Å². The lowest BCUT2D eigenvalue weighted by atomic mass is 9.86. The Labute approximate surface area is 233 Å². The molecule has 3 aromatic rings. The molecule has 0 amide bonds. The molecule has 1 aromatic carbocycles. The van der Waals surface area contributed by atoms with Gasteiger partial charge in [0, 0.05) is 42.4 Å². The summed E-state index contributed by atoms with van der Waals surface area (Å²) in [5.74, 6) is -0.148. The summed E-state index contributed by atoms with van der Waals surface area (Å²) in [4.78, 5) is 29.1. The van der Waals surface area contributed by atoms with Gasteiger partial charge in [0.05, 0.1) is 24.9 Å². The number of nitrogens with two attached hydrogens (primary N) is 1. The van der Waals surface area contributed by atoms with Crippen molar-refractivity contribution in [1.82, 2.24) is 9.55 Å². The Hall–Kier alpha value is -3.94. The Morgan fingerprint density at radius 3 is 2.59 bits per heavy atom. The highest BCUT2D eigenvalue weighted by Gasteiger charge is 2.56. The number of nitrogens with zero attached hydrogens (tertiary/aromatic N) is 2. The van der Waals surface area contributed by atoms with E-state index in [2.05, 4.69) is 4.98 Å². The normalized spacial score (nSPS) is 17.9. The number of alkyl halides is 3. The number of ketones is 1. The number of fused-ring (bicyclic) bond motifs is 1. The fourth-order valence-corrected chi connectivity index (χ4v) is 4.51. The summed E-state index contributed by atoms with van der Waals surface area (Å²) in [5, 5.41) is 20.1. The third kappa shape index (κ3) is 5.78. The lowest BCUT2D eigenvalue weighted by Gasteiger charge is -2.31. The van der Waals surface area contributed by atoms with Gasteiger partial charge in [0.1, 0.15) is 18.9 Å². The summed E-state index contributed by atoms with van der Waals surface area (Å²) in [6.45, 7) is 1.25. The topological polar surface area (TPSA) is 146 Å². The molecule has 4 rings (SSSR count). The maximum absolute atomic E-state index is 14.6. The third-order valence-corrected chi connectivity index (χ3v) is 6.90. The lowest BCUT2D eigenvalue weighted by Crippen LogP contribution is -2.44. The molecule has 3 heterocycles. The van der Waals surface area contributed by atoms with Crippen molar-refractivity contribution >= 4 is 5.78 Å². The van der Waals surface area contributed by atoms with Crippen LogP contribution in [-0.4, -0.2) is 58.7 Å². The smallest absolute Gasteiger partial charge is 0.422 e. The molecule has 0 radical (unpaired) electrons. The highest BCUT2D eigenvalue weighted by atomic mass is 19.4. The number of hydrogen-bond donors (Lipinski definition) is 3. The molecule has 13 heteroatoms. The first-order valence-electron chi connectivity index (χ1n) is 12.6.